The molecular weight excluding hydrogens is 511 g/mol. The van der Waals surface area contributed by atoms with E-state index in [1.807, 2.05) is 59.3 Å². The lowest BCUT2D eigenvalue weighted by Crippen LogP contribution is -2.32. The van der Waals surface area contributed by atoms with Crippen LogP contribution < -0.4 is 10.1 Å². The van der Waals surface area contributed by atoms with Gasteiger partial charge in [0.2, 0.25) is 5.95 Å². The zero-order valence-electron chi connectivity index (χ0n) is 16.5. The molecule has 0 bridgehead atoms. The lowest BCUT2D eigenvalue weighted by Gasteiger charge is -2.39. The first-order valence-corrected chi connectivity index (χ1v) is 11.5. The highest BCUT2D eigenvalue weighted by atomic mass is 79.9. The van der Waals surface area contributed by atoms with Gasteiger partial charge in [-0.15, -0.1) is 0 Å². The van der Waals surface area contributed by atoms with Gasteiger partial charge in [0.1, 0.15) is 24.2 Å². The van der Waals surface area contributed by atoms with Gasteiger partial charge in [-0.05, 0) is 53.6 Å². The largest absolute Gasteiger partial charge is 0.480 e. The molecule has 0 fully saturated rings. The van der Waals surface area contributed by atoms with E-state index in [0.29, 0.717) is 16.0 Å². The Morgan fingerprint density at radius 3 is 2.41 bits per heavy atom. The number of fused-ring (bicyclic) bond motifs is 3. The Morgan fingerprint density at radius 1 is 0.906 bits per heavy atom. The van der Waals surface area contributed by atoms with Crippen LogP contribution >= 0.6 is 39.1 Å². The molecule has 32 heavy (non-hydrogen) atoms. The van der Waals surface area contributed by atoms with Crippen molar-refractivity contribution in [1.82, 2.24) is 14.8 Å². The van der Waals surface area contributed by atoms with Crippen LogP contribution in [0.1, 0.15) is 28.8 Å². The maximum Gasteiger partial charge on any atom is 0.226 e. The number of halogens is 3. The molecule has 2 aliphatic rings. The maximum absolute atomic E-state index is 6.58. The van der Waals surface area contributed by atoms with Gasteiger partial charge in [-0.2, -0.15) is 10.1 Å². The number of ether oxygens (including phenoxy) is 1. The van der Waals surface area contributed by atoms with Gasteiger partial charge >= 0.3 is 0 Å². The normalized spacial score (nSPS) is 18.8. The Bertz CT molecular complexity index is 1370. The molecule has 1 N–H and O–H groups in total. The zero-order valence-corrected chi connectivity index (χ0v) is 19.6. The summed E-state index contributed by atoms with van der Waals surface area (Å²) in [6, 6.07) is 21.4. The van der Waals surface area contributed by atoms with Crippen LogP contribution in [0.15, 0.2) is 83.1 Å². The Labute approximate surface area is 202 Å². The van der Waals surface area contributed by atoms with Crippen LogP contribution in [0.2, 0.25) is 10.0 Å². The molecule has 5 nitrogen and oxygen atoms in total. The third-order valence-electron chi connectivity index (χ3n) is 5.73. The van der Waals surface area contributed by atoms with Crippen molar-refractivity contribution in [1.29, 1.82) is 0 Å². The minimum Gasteiger partial charge on any atom is -0.480 e. The summed E-state index contributed by atoms with van der Waals surface area (Å²) < 4.78 is 9.48. The van der Waals surface area contributed by atoms with Crippen LogP contribution in [-0.4, -0.2) is 14.8 Å². The number of nitrogens with one attached hydrogen (secondary N) is 1. The second kappa shape index (κ2) is 7.66. The molecule has 0 saturated heterocycles. The molecule has 0 radical (unpaired) electrons. The van der Waals surface area contributed by atoms with Gasteiger partial charge in [0.25, 0.3) is 0 Å². The zero-order chi connectivity index (χ0) is 21.8. The minimum absolute atomic E-state index is 0.218. The van der Waals surface area contributed by atoms with E-state index in [-0.39, 0.29) is 12.1 Å². The van der Waals surface area contributed by atoms with Gasteiger partial charge in [0.05, 0.1) is 5.70 Å². The number of aromatic nitrogens is 3. The number of anilines is 1. The summed E-state index contributed by atoms with van der Waals surface area (Å²) in [6.45, 7) is 0. The molecule has 2 atom stereocenters. The lowest BCUT2D eigenvalue weighted by molar-refractivity contribution is 0.223. The fourth-order valence-electron chi connectivity index (χ4n) is 4.32. The molecule has 158 valence electrons. The van der Waals surface area contributed by atoms with Crippen molar-refractivity contribution >= 4 is 50.8 Å². The molecule has 4 aromatic rings. The average molecular weight is 526 g/mol. The van der Waals surface area contributed by atoms with Crippen molar-refractivity contribution in [3.63, 3.8) is 0 Å². The van der Waals surface area contributed by atoms with Crippen LogP contribution in [0.4, 0.5) is 5.95 Å². The van der Waals surface area contributed by atoms with E-state index in [4.69, 9.17) is 27.9 Å². The van der Waals surface area contributed by atoms with Gasteiger partial charge in [0.15, 0.2) is 0 Å². The molecule has 2 aliphatic heterocycles. The first-order valence-electron chi connectivity index (χ1n) is 9.96. The summed E-state index contributed by atoms with van der Waals surface area (Å²) in [5.74, 6) is 1.42. The van der Waals surface area contributed by atoms with Crippen molar-refractivity contribution < 1.29 is 4.74 Å². The predicted molar refractivity (Wildman–Crippen MR) is 129 cm³/mol. The van der Waals surface area contributed by atoms with Crippen molar-refractivity contribution in [2.45, 2.75) is 12.1 Å². The highest BCUT2D eigenvalue weighted by molar-refractivity contribution is 9.10. The average Bonchev–Trinajstić information content (AvgIpc) is 3.27. The highest BCUT2D eigenvalue weighted by Gasteiger charge is 2.41. The van der Waals surface area contributed by atoms with Crippen LogP contribution in [0, 0.1) is 0 Å². The second-order valence-corrected chi connectivity index (χ2v) is 9.42. The van der Waals surface area contributed by atoms with Crippen molar-refractivity contribution in [2.75, 3.05) is 5.32 Å². The molecule has 0 spiro atoms. The molecular formula is C24H15BrCl2N4O. The number of hydrogen-bond donors (Lipinski definition) is 1. The smallest absolute Gasteiger partial charge is 0.226 e. The first-order chi connectivity index (χ1) is 15.6. The number of benzene rings is 3. The van der Waals surface area contributed by atoms with Crippen LogP contribution in [0.25, 0.3) is 5.70 Å². The maximum atomic E-state index is 6.58. The van der Waals surface area contributed by atoms with Gasteiger partial charge in [-0.1, -0.05) is 63.4 Å². The summed E-state index contributed by atoms with van der Waals surface area (Å²) in [6.07, 6.45) is 1.21. The number of hydrogen-bond acceptors (Lipinski definition) is 4. The third kappa shape index (κ3) is 3.22. The van der Waals surface area contributed by atoms with Crippen molar-refractivity contribution in [2.24, 2.45) is 0 Å². The summed E-state index contributed by atoms with van der Waals surface area (Å²) in [5, 5.41) is 9.33. The first kappa shape index (κ1) is 19.9. The fraction of sp³-hybridized carbons (Fsp3) is 0.0833. The van der Waals surface area contributed by atoms with Crippen molar-refractivity contribution in [3.05, 3.63) is 110 Å². The highest BCUT2D eigenvalue weighted by Crippen LogP contribution is 2.51. The quantitative estimate of drug-likeness (QED) is 0.309. The molecule has 3 aromatic carbocycles. The lowest BCUT2D eigenvalue weighted by atomic mass is 9.84. The molecule has 0 aliphatic carbocycles. The van der Waals surface area contributed by atoms with Gasteiger partial charge in [0, 0.05) is 25.7 Å². The summed E-state index contributed by atoms with van der Waals surface area (Å²) >= 11 is 16.1. The van der Waals surface area contributed by atoms with E-state index in [9.17, 15) is 0 Å². The van der Waals surface area contributed by atoms with E-state index < -0.39 is 0 Å². The Balaban J connectivity index is 1.63. The SMILES string of the molecule is Clc1ccc(C2Oc3ccc(Cl)cc3C3=C2C(c2ccc(Br)cc2)n2ncnc2N3)cc1. The van der Waals surface area contributed by atoms with Gasteiger partial charge in [-0.3, -0.25) is 0 Å². The Kier molecular flexibility index (Phi) is 4.75. The molecule has 0 amide bonds. The van der Waals surface area contributed by atoms with E-state index in [0.717, 1.165) is 38.2 Å². The third-order valence-corrected chi connectivity index (χ3v) is 6.75. The van der Waals surface area contributed by atoms with Gasteiger partial charge < -0.3 is 10.1 Å². The second-order valence-electron chi connectivity index (χ2n) is 7.63. The summed E-state index contributed by atoms with van der Waals surface area (Å²) in [5.41, 5.74) is 4.93. The van der Waals surface area contributed by atoms with Gasteiger partial charge in [-0.25, -0.2) is 4.68 Å². The van der Waals surface area contributed by atoms with E-state index >= 15 is 0 Å². The van der Waals surface area contributed by atoms with Crippen LogP contribution in [0.3, 0.4) is 0 Å². The minimum atomic E-state index is -0.352. The molecule has 2 unspecified atom stereocenters. The number of rotatable bonds is 2. The predicted octanol–water partition coefficient (Wildman–Crippen LogP) is 6.91. The summed E-state index contributed by atoms with van der Waals surface area (Å²) in [7, 11) is 0. The molecule has 0 saturated carbocycles. The van der Waals surface area contributed by atoms with E-state index in [2.05, 4.69) is 43.5 Å². The Hall–Kier alpha value is -2.80. The van der Waals surface area contributed by atoms with Crippen molar-refractivity contribution in [3.8, 4) is 5.75 Å². The molecule has 8 heteroatoms. The van der Waals surface area contributed by atoms with E-state index in [1.165, 1.54) is 0 Å². The topological polar surface area (TPSA) is 52.0 Å². The Morgan fingerprint density at radius 2 is 1.62 bits per heavy atom. The van der Waals surface area contributed by atoms with Crippen LogP contribution in [-0.2, 0) is 0 Å². The van der Waals surface area contributed by atoms with Crippen LogP contribution in [0.5, 0.6) is 5.75 Å². The molecule has 3 heterocycles. The summed E-state index contributed by atoms with van der Waals surface area (Å²) in [4.78, 5) is 4.45. The number of nitrogens with zero attached hydrogens (tertiary/aromatic N) is 3. The monoisotopic (exact) mass is 524 g/mol. The van der Waals surface area contributed by atoms with E-state index in [1.54, 1.807) is 6.33 Å². The molecule has 1 aromatic heterocycles. The fourth-order valence-corrected chi connectivity index (χ4v) is 4.88. The standard InChI is InChI=1S/C24H15BrCl2N4O/c25-15-5-1-13(2-6-15)22-20-21(30-24-28-12-29-31(22)24)18-11-17(27)9-10-19(18)32-23(20)14-3-7-16(26)8-4-14/h1-12,22-23H,(H,28,29,30). The molecule has 6 rings (SSSR count).